The highest BCUT2D eigenvalue weighted by Gasteiger charge is 2.23. The van der Waals surface area contributed by atoms with Crippen LogP contribution in [0.5, 0.6) is 5.75 Å². The fourth-order valence-corrected chi connectivity index (χ4v) is 1.92. The van der Waals surface area contributed by atoms with Crippen molar-refractivity contribution in [2.45, 2.75) is 18.6 Å². The highest BCUT2D eigenvalue weighted by molar-refractivity contribution is 7.81. The van der Waals surface area contributed by atoms with Crippen LogP contribution in [0.2, 0.25) is 0 Å². The first-order valence-corrected chi connectivity index (χ1v) is 5.93. The van der Waals surface area contributed by atoms with Gasteiger partial charge in [0.05, 0.1) is 17.5 Å². The average molecular weight is 237 g/mol. The Balaban J connectivity index is 2.36. The third kappa shape index (κ3) is 2.16. The molecular weight excluding hydrogens is 222 g/mol. The van der Waals surface area contributed by atoms with Crippen molar-refractivity contribution < 1.29 is 9.53 Å². The van der Waals surface area contributed by atoms with E-state index in [1.165, 1.54) is 0 Å². The lowest BCUT2D eigenvalue weighted by atomic mass is 10.2. The third-order valence-electron chi connectivity index (χ3n) is 2.56. The molecule has 1 aromatic rings. The molecule has 1 aliphatic heterocycles. The maximum Gasteiger partial charge on any atom is 0.239 e. The maximum absolute atomic E-state index is 12.0. The molecule has 0 saturated carbocycles. The zero-order valence-corrected chi connectivity index (χ0v) is 10.1. The fraction of sp³-hybridized carbons (Fsp3) is 0.417. The number of carbonyl (C=O) groups is 1. The van der Waals surface area contributed by atoms with Crippen molar-refractivity contribution in [3.05, 3.63) is 24.3 Å². The van der Waals surface area contributed by atoms with Gasteiger partial charge in [-0.15, -0.1) is 0 Å². The lowest BCUT2D eigenvalue weighted by molar-refractivity contribution is -0.117. The van der Waals surface area contributed by atoms with Crippen LogP contribution in [0.25, 0.3) is 0 Å². The summed E-state index contributed by atoms with van der Waals surface area (Å²) in [4.78, 5) is 13.8. The van der Waals surface area contributed by atoms with E-state index in [0.717, 1.165) is 17.9 Å². The first kappa shape index (κ1) is 11.3. The van der Waals surface area contributed by atoms with Gasteiger partial charge < -0.3 is 9.64 Å². The van der Waals surface area contributed by atoms with E-state index < -0.39 is 0 Å². The van der Waals surface area contributed by atoms with Crippen LogP contribution in [0.4, 0.5) is 5.69 Å². The van der Waals surface area contributed by atoms with Crippen LogP contribution in [-0.4, -0.2) is 24.3 Å². The first-order valence-electron chi connectivity index (χ1n) is 5.41. The molecule has 1 aliphatic rings. The summed E-state index contributed by atoms with van der Waals surface area (Å²) >= 11 is 4.20. The molecule has 0 aromatic heterocycles. The summed E-state index contributed by atoms with van der Waals surface area (Å²) in [6, 6.07) is 7.63. The number of fused-ring (bicyclic) bond motifs is 1. The predicted molar refractivity (Wildman–Crippen MR) is 67.4 cm³/mol. The van der Waals surface area contributed by atoms with Gasteiger partial charge in [0.2, 0.25) is 5.91 Å². The Labute approximate surface area is 101 Å². The molecule has 0 spiro atoms. The van der Waals surface area contributed by atoms with Crippen molar-refractivity contribution in [3.63, 3.8) is 0 Å². The zero-order chi connectivity index (χ0) is 11.5. The Morgan fingerprint density at radius 2 is 2.25 bits per heavy atom. The molecule has 0 N–H and O–H groups in total. The summed E-state index contributed by atoms with van der Waals surface area (Å²) in [5.74, 6) is 0.809. The minimum absolute atomic E-state index is 0.0290. The van der Waals surface area contributed by atoms with Crippen LogP contribution in [0.15, 0.2) is 24.3 Å². The quantitative estimate of drug-likeness (QED) is 0.758. The number of amides is 1. The van der Waals surface area contributed by atoms with Crippen LogP contribution in [-0.2, 0) is 4.79 Å². The number of rotatable bonds is 1. The van der Waals surface area contributed by atoms with Crippen LogP contribution >= 0.6 is 12.6 Å². The topological polar surface area (TPSA) is 29.5 Å². The summed E-state index contributed by atoms with van der Waals surface area (Å²) in [5.41, 5.74) is 0.853. The van der Waals surface area contributed by atoms with E-state index in [-0.39, 0.29) is 11.2 Å². The molecule has 0 bridgehead atoms. The molecule has 86 valence electrons. The van der Waals surface area contributed by atoms with Gasteiger partial charge in [0, 0.05) is 6.54 Å². The zero-order valence-electron chi connectivity index (χ0n) is 9.22. The SMILES string of the molecule is CC(S)C(=O)N1CCCOc2ccccc21. The molecule has 1 aromatic carbocycles. The van der Waals surface area contributed by atoms with Crippen LogP contribution in [0.3, 0.4) is 0 Å². The number of thiol groups is 1. The van der Waals surface area contributed by atoms with E-state index in [1.54, 1.807) is 11.8 Å². The molecule has 1 heterocycles. The third-order valence-corrected chi connectivity index (χ3v) is 2.78. The molecule has 1 atom stereocenters. The van der Waals surface area contributed by atoms with Crippen molar-refractivity contribution >= 4 is 24.2 Å². The molecule has 0 saturated heterocycles. The van der Waals surface area contributed by atoms with Gasteiger partial charge in [-0.2, -0.15) is 12.6 Å². The number of carbonyl (C=O) groups excluding carboxylic acids is 1. The normalized spacial score (nSPS) is 17.0. The highest BCUT2D eigenvalue weighted by atomic mass is 32.1. The predicted octanol–water partition coefficient (Wildman–Crippen LogP) is 2.12. The lowest BCUT2D eigenvalue weighted by Crippen LogP contribution is -2.36. The second-order valence-electron chi connectivity index (χ2n) is 3.84. The summed E-state index contributed by atoms with van der Waals surface area (Å²) in [5, 5.41) is -0.286. The van der Waals surface area contributed by atoms with E-state index in [4.69, 9.17) is 4.74 Å². The van der Waals surface area contributed by atoms with Gasteiger partial charge in [-0.25, -0.2) is 0 Å². The molecule has 1 unspecified atom stereocenters. The monoisotopic (exact) mass is 237 g/mol. The summed E-state index contributed by atoms with van der Waals surface area (Å²) in [6.07, 6.45) is 0.848. The Morgan fingerprint density at radius 3 is 3.00 bits per heavy atom. The second kappa shape index (κ2) is 4.78. The van der Waals surface area contributed by atoms with Crippen LogP contribution < -0.4 is 9.64 Å². The Morgan fingerprint density at radius 1 is 1.50 bits per heavy atom. The minimum atomic E-state index is -0.286. The van der Waals surface area contributed by atoms with Gasteiger partial charge in [-0.05, 0) is 25.5 Å². The molecule has 0 fully saturated rings. The van der Waals surface area contributed by atoms with Gasteiger partial charge in [0.15, 0.2) is 0 Å². The summed E-state index contributed by atoms with van der Waals surface area (Å²) in [7, 11) is 0. The minimum Gasteiger partial charge on any atom is -0.491 e. The molecule has 0 radical (unpaired) electrons. The summed E-state index contributed by atoms with van der Waals surface area (Å²) in [6.45, 7) is 3.14. The van der Waals surface area contributed by atoms with E-state index >= 15 is 0 Å². The van der Waals surface area contributed by atoms with Gasteiger partial charge in [0.25, 0.3) is 0 Å². The van der Waals surface area contributed by atoms with E-state index in [2.05, 4.69) is 12.6 Å². The Bertz CT molecular complexity index is 392. The molecule has 2 rings (SSSR count). The van der Waals surface area contributed by atoms with E-state index in [1.807, 2.05) is 24.3 Å². The Kier molecular flexibility index (Phi) is 3.39. The molecule has 0 aliphatic carbocycles. The van der Waals surface area contributed by atoms with Gasteiger partial charge in [0.1, 0.15) is 5.75 Å². The number of para-hydroxylation sites is 2. The lowest BCUT2D eigenvalue weighted by Gasteiger charge is -2.23. The van der Waals surface area contributed by atoms with Crippen LogP contribution in [0.1, 0.15) is 13.3 Å². The number of ether oxygens (including phenoxy) is 1. The molecule has 3 nitrogen and oxygen atoms in total. The van der Waals surface area contributed by atoms with E-state index in [0.29, 0.717) is 13.2 Å². The largest absolute Gasteiger partial charge is 0.491 e. The number of hydrogen-bond acceptors (Lipinski definition) is 3. The summed E-state index contributed by atoms with van der Waals surface area (Å²) < 4.78 is 5.59. The molecular formula is C12H15NO2S. The Hall–Kier alpha value is -1.16. The number of nitrogens with zero attached hydrogens (tertiary/aromatic N) is 1. The van der Waals surface area contributed by atoms with Gasteiger partial charge in [-0.1, -0.05) is 12.1 Å². The van der Waals surface area contributed by atoms with Crippen molar-refractivity contribution in [1.29, 1.82) is 0 Å². The van der Waals surface area contributed by atoms with Crippen LogP contribution in [0, 0.1) is 0 Å². The van der Waals surface area contributed by atoms with Gasteiger partial charge in [-0.3, -0.25) is 4.79 Å². The van der Waals surface area contributed by atoms with Crippen molar-refractivity contribution in [2.24, 2.45) is 0 Å². The maximum atomic E-state index is 12.0. The second-order valence-corrected chi connectivity index (χ2v) is 4.61. The molecule has 1 amide bonds. The van der Waals surface area contributed by atoms with Crippen molar-refractivity contribution in [2.75, 3.05) is 18.1 Å². The van der Waals surface area contributed by atoms with Crippen molar-refractivity contribution in [1.82, 2.24) is 0 Å². The number of anilines is 1. The average Bonchev–Trinajstić information content (AvgIpc) is 2.50. The van der Waals surface area contributed by atoms with Crippen molar-refractivity contribution in [3.8, 4) is 5.75 Å². The number of hydrogen-bond donors (Lipinski definition) is 1. The number of benzene rings is 1. The fourth-order valence-electron chi connectivity index (χ4n) is 1.78. The standard InChI is InChI=1S/C12H15NO2S/c1-9(16)12(14)13-7-4-8-15-11-6-3-2-5-10(11)13/h2-3,5-6,9,16H,4,7-8H2,1H3. The molecule has 4 heteroatoms. The molecule has 16 heavy (non-hydrogen) atoms. The smallest absolute Gasteiger partial charge is 0.239 e. The van der Waals surface area contributed by atoms with E-state index in [9.17, 15) is 4.79 Å². The highest BCUT2D eigenvalue weighted by Crippen LogP contribution is 2.31. The van der Waals surface area contributed by atoms with Gasteiger partial charge >= 0.3 is 0 Å². The first-order chi connectivity index (χ1) is 7.70.